The lowest BCUT2D eigenvalue weighted by Crippen LogP contribution is -2.12. The lowest BCUT2D eigenvalue weighted by molar-refractivity contribution is 0.271. The SMILES string of the molecule is CC(C)c1cnn2c(NCc3ccccc3-n3cccn3)nc(CO)nc12. The van der Waals surface area contributed by atoms with E-state index in [9.17, 15) is 5.11 Å². The minimum atomic E-state index is -0.224. The topological polar surface area (TPSA) is 93.2 Å². The van der Waals surface area contributed by atoms with Gasteiger partial charge >= 0.3 is 0 Å². The first-order valence-corrected chi connectivity index (χ1v) is 8.84. The summed E-state index contributed by atoms with van der Waals surface area (Å²) >= 11 is 0. The van der Waals surface area contributed by atoms with Gasteiger partial charge in [0, 0.05) is 24.5 Å². The molecule has 4 rings (SSSR count). The van der Waals surface area contributed by atoms with Crippen LogP contribution in [0.15, 0.2) is 48.9 Å². The number of hydrogen-bond acceptors (Lipinski definition) is 6. The summed E-state index contributed by atoms with van der Waals surface area (Å²) in [5.74, 6) is 1.19. The van der Waals surface area contributed by atoms with Gasteiger partial charge < -0.3 is 10.4 Å². The van der Waals surface area contributed by atoms with Crippen LogP contribution in [-0.4, -0.2) is 34.5 Å². The maximum absolute atomic E-state index is 9.55. The van der Waals surface area contributed by atoms with Gasteiger partial charge in [-0.3, -0.25) is 0 Å². The molecular formula is C19H21N7O. The molecule has 8 heteroatoms. The molecule has 0 saturated heterocycles. The minimum Gasteiger partial charge on any atom is -0.388 e. The fourth-order valence-corrected chi connectivity index (χ4v) is 3.00. The molecule has 3 heterocycles. The molecule has 1 aromatic carbocycles. The molecule has 0 bridgehead atoms. The highest BCUT2D eigenvalue weighted by Gasteiger charge is 2.15. The van der Waals surface area contributed by atoms with Crippen molar-refractivity contribution in [3.8, 4) is 5.69 Å². The maximum atomic E-state index is 9.55. The van der Waals surface area contributed by atoms with Gasteiger partial charge in [0.25, 0.3) is 0 Å². The molecule has 4 aromatic rings. The van der Waals surface area contributed by atoms with E-state index in [0.717, 1.165) is 16.8 Å². The van der Waals surface area contributed by atoms with Crippen LogP contribution < -0.4 is 5.32 Å². The molecule has 8 nitrogen and oxygen atoms in total. The summed E-state index contributed by atoms with van der Waals surface area (Å²) in [6.45, 7) is 4.48. The summed E-state index contributed by atoms with van der Waals surface area (Å²) in [6.07, 6.45) is 5.47. The quantitative estimate of drug-likeness (QED) is 0.547. The zero-order valence-electron chi connectivity index (χ0n) is 15.2. The van der Waals surface area contributed by atoms with Gasteiger partial charge in [-0.2, -0.15) is 19.7 Å². The molecule has 0 radical (unpaired) electrons. The summed E-state index contributed by atoms with van der Waals surface area (Å²) in [6, 6.07) is 9.92. The monoisotopic (exact) mass is 363 g/mol. The Morgan fingerprint density at radius 3 is 2.70 bits per heavy atom. The van der Waals surface area contributed by atoms with Crippen LogP contribution >= 0.6 is 0 Å². The van der Waals surface area contributed by atoms with Crippen LogP contribution in [0.5, 0.6) is 0 Å². The van der Waals surface area contributed by atoms with Crippen LogP contribution in [0.1, 0.15) is 36.7 Å². The molecule has 0 unspecified atom stereocenters. The van der Waals surface area contributed by atoms with Crippen LogP contribution in [0.25, 0.3) is 11.3 Å². The largest absolute Gasteiger partial charge is 0.388 e. The van der Waals surface area contributed by atoms with Gasteiger partial charge in [-0.05, 0) is 23.6 Å². The van der Waals surface area contributed by atoms with Crippen LogP contribution in [-0.2, 0) is 13.2 Å². The second-order valence-corrected chi connectivity index (χ2v) is 6.54. The highest BCUT2D eigenvalue weighted by atomic mass is 16.3. The van der Waals surface area contributed by atoms with Crippen molar-refractivity contribution in [2.24, 2.45) is 0 Å². The summed E-state index contributed by atoms with van der Waals surface area (Å²) in [7, 11) is 0. The van der Waals surface area contributed by atoms with Crippen molar-refractivity contribution in [2.75, 3.05) is 5.32 Å². The number of rotatable bonds is 6. The summed E-state index contributed by atoms with van der Waals surface area (Å²) in [5.41, 5.74) is 3.79. The Labute approximate surface area is 156 Å². The third-order valence-corrected chi connectivity index (χ3v) is 4.38. The van der Waals surface area contributed by atoms with Crippen LogP contribution in [0.3, 0.4) is 0 Å². The van der Waals surface area contributed by atoms with Gasteiger partial charge in [-0.15, -0.1) is 0 Å². The standard InChI is InChI=1S/C19H21N7O/c1-13(2)15-11-22-26-18(15)23-17(12-27)24-19(26)20-10-14-6-3-4-7-16(14)25-9-5-8-21-25/h3-9,11,13,27H,10,12H2,1-2H3,(H,20,23,24). The zero-order chi connectivity index (χ0) is 18.8. The number of anilines is 1. The molecule has 0 aliphatic carbocycles. The van der Waals surface area contributed by atoms with Crippen molar-refractivity contribution in [1.82, 2.24) is 29.4 Å². The maximum Gasteiger partial charge on any atom is 0.227 e. The van der Waals surface area contributed by atoms with Crippen molar-refractivity contribution in [3.63, 3.8) is 0 Å². The first-order valence-electron chi connectivity index (χ1n) is 8.84. The predicted molar refractivity (Wildman–Crippen MR) is 102 cm³/mol. The van der Waals surface area contributed by atoms with Crippen LogP contribution in [0, 0.1) is 0 Å². The van der Waals surface area contributed by atoms with E-state index < -0.39 is 0 Å². The molecule has 0 amide bonds. The molecule has 3 aromatic heterocycles. The van der Waals surface area contributed by atoms with Crippen molar-refractivity contribution in [2.45, 2.75) is 32.9 Å². The van der Waals surface area contributed by atoms with Crippen molar-refractivity contribution in [3.05, 3.63) is 65.9 Å². The number of aromatic nitrogens is 6. The number of aliphatic hydroxyl groups is 1. The van der Waals surface area contributed by atoms with Gasteiger partial charge in [0.15, 0.2) is 11.5 Å². The average Bonchev–Trinajstić information content (AvgIpc) is 3.36. The van der Waals surface area contributed by atoms with E-state index >= 15 is 0 Å². The smallest absolute Gasteiger partial charge is 0.227 e. The van der Waals surface area contributed by atoms with Gasteiger partial charge in [-0.1, -0.05) is 32.0 Å². The molecule has 0 aliphatic rings. The minimum absolute atomic E-state index is 0.224. The highest BCUT2D eigenvalue weighted by Crippen LogP contribution is 2.22. The van der Waals surface area contributed by atoms with Gasteiger partial charge in [0.2, 0.25) is 5.95 Å². The molecule has 0 atom stereocenters. The van der Waals surface area contributed by atoms with E-state index in [1.807, 2.05) is 41.2 Å². The molecule has 138 valence electrons. The van der Waals surface area contributed by atoms with E-state index in [1.165, 1.54) is 0 Å². The van der Waals surface area contributed by atoms with Crippen LogP contribution in [0.4, 0.5) is 5.95 Å². The Morgan fingerprint density at radius 1 is 1.11 bits per heavy atom. The molecule has 0 saturated carbocycles. The van der Waals surface area contributed by atoms with E-state index in [4.69, 9.17) is 0 Å². The number of hydrogen-bond donors (Lipinski definition) is 2. The molecule has 0 spiro atoms. The fraction of sp³-hybridized carbons (Fsp3) is 0.263. The van der Waals surface area contributed by atoms with Gasteiger partial charge in [-0.25, -0.2) is 9.67 Å². The van der Waals surface area contributed by atoms with Gasteiger partial charge in [0.05, 0.1) is 11.9 Å². The molecule has 27 heavy (non-hydrogen) atoms. The number of nitrogens with one attached hydrogen (secondary N) is 1. The van der Waals surface area contributed by atoms with Crippen LogP contribution in [0.2, 0.25) is 0 Å². The summed E-state index contributed by atoms with van der Waals surface area (Å²) < 4.78 is 3.52. The Bertz CT molecular complexity index is 1050. The van der Waals surface area contributed by atoms with E-state index in [1.54, 1.807) is 16.9 Å². The summed E-state index contributed by atoms with van der Waals surface area (Å²) in [4.78, 5) is 8.84. The Morgan fingerprint density at radius 2 is 1.96 bits per heavy atom. The Kier molecular flexibility index (Phi) is 4.55. The molecule has 0 fully saturated rings. The first kappa shape index (κ1) is 17.2. The van der Waals surface area contributed by atoms with E-state index in [2.05, 4.69) is 39.3 Å². The number of fused-ring (bicyclic) bond motifs is 1. The number of nitrogens with zero attached hydrogens (tertiary/aromatic N) is 6. The summed E-state index contributed by atoms with van der Waals surface area (Å²) in [5, 5.41) is 21.6. The van der Waals surface area contributed by atoms with Crippen molar-refractivity contribution < 1.29 is 5.11 Å². The average molecular weight is 363 g/mol. The van der Waals surface area contributed by atoms with E-state index in [0.29, 0.717) is 24.0 Å². The predicted octanol–water partition coefficient (Wildman–Crippen LogP) is 2.54. The van der Waals surface area contributed by atoms with Crippen molar-refractivity contribution in [1.29, 1.82) is 0 Å². The Hall–Kier alpha value is -3.26. The lowest BCUT2D eigenvalue weighted by Gasteiger charge is -2.12. The van der Waals surface area contributed by atoms with E-state index in [-0.39, 0.29) is 12.5 Å². The zero-order valence-corrected chi connectivity index (χ0v) is 15.2. The number of para-hydroxylation sites is 1. The van der Waals surface area contributed by atoms with Gasteiger partial charge in [0.1, 0.15) is 6.61 Å². The third kappa shape index (κ3) is 3.26. The normalized spacial score (nSPS) is 11.4. The molecule has 2 N–H and O–H groups in total. The highest BCUT2D eigenvalue weighted by molar-refractivity contribution is 5.52. The second kappa shape index (κ2) is 7.16. The fourth-order valence-electron chi connectivity index (χ4n) is 3.00. The third-order valence-electron chi connectivity index (χ3n) is 4.38. The lowest BCUT2D eigenvalue weighted by atomic mass is 10.1. The molecular weight excluding hydrogens is 342 g/mol. The Balaban J connectivity index is 1.69. The first-order chi connectivity index (χ1) is 13.2. The second-order valence-electron chi connectivity index (χ2n) is 6.54. The molecule has 0 aliphatic heterocycles. The van der Waals surface area contributed by atoms with Crippen molar-refractivity contribution >= 4 is 11.6 Å². The number of aliphatic hydroxyl groups excluding tert-OH is 1. The number of benzene rings is 1.